The van der Waals surface area contributed by atoms with E-state index in [4.69, 9.17) is 22.8 Å². The Kier molecular flexibility index (Phi) is 33.5. The summed E-state index contributed by atoms with van der Waals surface area (Å²) in [6.45, 7) is 9.68. The first-order valence-electron chi connectivity index (χ1n) is 31.0. The van der Waals surface area contributed by atoms with Crippen LogP contribution in [0, 0.1) is 0 Å². The Morgan fingerprint density at radius 1 is 0.688 bits per heavy atom. The normalized spacial score (nSPS) is 16.4. The summed E-state index contributed by atoms with van der Waals surface area (Å²) in [6.07, 6.45) is 6.47. The number of carbonyl (C=O) groups is 4. The number of anilines is 1. The molecule has 0 aromatic heterocycles. The second kappa shape index (κ2) is 38.7. The molecule has 22 nitrogen and oxygen atoms in total. The number of unbranched alkanes of at least 4 members (excludes halogenated alkanes) is 9. The maximum atomic E-state index is 15.0. The van der Waals surface area contributed by atoms with Gasteiger partial charge in [0, 0.05) is 91.8 Å². The molecule has 3 amide bonds. The number of alkyl halides is 6. The number of hydrogen-bond donors (Lipinski definition) is 4. The number of hydrogen-bond acceptors (Lipinski definition) is 18. The zero-order valence-corrected chi connectivity index (χ0v) is 56.9. The van der Waals surface area contributed by atoms with E-state index in [1.54, 1.807) is 48.6 Å². The number of amides is 3. The van der Waals surface area contributed by atoms with Crippen LogP contribution in [0.1, 0.15) is 155 Å². The number of benzene rings is 2. The highest BCUT2D eigenvalue weighted by atomic mass is 32.2. The molecule has 0 spiro atoms. The lowest BCUT2D eigenvalue weighted by molar-refractivity contribution is -0.777. The molecule has 2 heterocycles. The Bertz CT molecular complexity index is 3130. The molecule has 32 heteroatoms. The molecule has 0 fully saturated rings. The number of fused-ring (bicyclic) bond motifs is 2. The first kappa shape index (κ1) is 80.5. The summed E-state index contributed by atoms with van der Waals surface area (Å²) in [5.74, 6) is -5.12. The molecule has 2 unspecified atom stereocenters. The first-order valence-corrected chi connectivity index (χ1v) is 36.6. The quantitative estimate of drug-likeness (QED) is 0.00458. The summed E-state index contributed by atoms with van der Waals surface area (Å²) < 4.78 is 176. The maximum absolute atomic E-state index is 15.0. The number of esters is 1. The SMILES string of the molecule is CCCCCCCOP(=O)(OCCCCNC(=O)C(F)(F)F)c1ccc2c(c1)C(C)(C)/C(=C/C=C/C=C/C1=[N+](CCCSOO[O-])c3ccc(P(=O)(OCCCCCCOC(=O)CCC(=O)NC)OCCCCNC(=O)C(F)(F)F)cc3C1(C)C)N2CCCS(=O)(=O)O. The molecule has 0 bridgehead atoms. The van der Waals surface area contributed by atoms with Crippen molar-refractivity contribution in [2.75, 3.05) is 82.7 Å². The average Bonchev–Trinajstić information content (AvgIpc) is 1.60. The van der Waals surface area contributed by atoms with Gasteiger partial charge < -0.3 is 48.9 Å². The maximum Gasteiger partial charge on any atom is 0.471 e. The molecule has 2 aromatic carbocycles. The van der Waals surface area contributed by atoms with Gasteiger partial charge in [0.05, 0.1) is 61.2 Å². The Morgan fingerprint density at radius 3 is 1.74 bits per heavy atom. The molecule has 2 aliphatic heterocycles. The second-order valence-electron chi connectivity index (χ2n) is 23.1. The molecule has 0 radical (unpaired) electrons. The van der Waals surface area contributed by atoms with Gasteiger partial charge in [-0.3, -0.25) is 37.9 Å². The van der Waals surface area contributed by atoms with Gasteiger partial charge in [-0.1, -0.05) is 71.1 Å². The summed E-state index contributed by atoms with van der Waals surface area (Å²) in [7, 11) is -11.1. The van der Waals surface area contributed by atoms with Crippen LogP contribution in [0.25, 0.3) is 0 Å². The van der Waals surface area contributed by atoms with E-state index < -0.39 is 72.0 Å². The number of carbonyl (C=O) groups excluding carboxylic acids is 4. The number of allylic oxidation sites excluding steroid dienone is 6. The van der Waals surface area contributed by atoms with Crippen molar-refractivity contribution in [2.45, 2.75) is 167 Å². The van der Waals surface area contributed by atoms with Crippen molar-refractivity contribution in [3.8, 4) is 0 Å². The Balaban J connectivity index is 1.65. The summed E-state index contributed by atoms with van der Waals surface area (Å²) in [6, 6.07) is 10.2. The molecule has 2 aliphatic rings. The van der Waals surface area contributed by atoms with Crippen LogP contribution < -0.4 is 36.7 Å². The van der Waals surface area contributed by atoms with E-state index in [9.17, 15) is 72.9 Å². The van der Waals surface area contributed by atoms with Crippen molar-refractivity contribution in [3.05, 3.63) is 83.6 Å². The largest absolute Gasteiger partial charge is 0.691 e. The molecule has 93 heavy (non-hydrogen) atoms. The van der Waals surface area contributed by atoms with E-state index >= 15 is 0 Å². The van der Waals surface area contributed by atoms with E-state index in [0.29, 0.717) is 67.8 Å². The predicted octanol–water partition coefficient (Wildman–Crippen LogP) is 10.6. The van der Waals surface area contributed by atoms with E-state index in [-0.39, 0.29) is 114 Å². The summed E-state index contributed by atoms with van der Waals surface area (Å²) in [5.41, 5.74) is 2.69. The Hall–Kier alpha value is -4.97. The lowest BCUT2D eigenvalue weighted by Gasteiger charge is -2.27. The van der Waals surface area contributed by atoms with Crippen molar-refractivity contribution < 1.29 is 110 Å². The average molecular weight is 1400 g/mol. The van der Waals surface area contributed by atoms with Crippen LogP contribution in [0.3, 0.4) is 0 Å². The van der Waals surface area contributed by atoms with E-state index in [2.05, 4.69) is 26.2 Å². The molecular formula is C61H89F6N5O17P2S2. The molecule has 0 saturated heterocycles. The van der Waals surface area contributed by atoms with Gasteiger partial charge in [-0.15, -0.1) is 0 Å². The minimum absolute atomic E-state index is 0.00851. The zero-order chi connectivity index (χ0) is 68.9. The Morgan fingerprint density at radius 2 is 1.22 bits per heavy atom. The molecule has 2 aromatic rings. The third kappa shape index (κ3) is 26.2. The van der Waals surface area contributed by atoms with Gasteiger partial charge in [0.1, 0.15) is 6.54 Å². The number of rotatable bonds is 45. The smallest absolute Gasteiger partial charge is 0.471 e. The van der Waals surface area contributed by atoms with E-state index in [0.717, 1.165) is 54.7 Å². The van der Waals surface area contributed by atoms with Crippen molar-refractivity contribution in [3.63, 3.8) is 0 Å². The third-order valence-corrected chi connectivity index (χ3v) is 20.6. The molecule has 4 rings (SSSR count). The van der Waals surface area contributed by atoms with Gasteiger partial charge in [-0.05, 0) is 114 Å². The fourth-order valence-electron chi connectivity index (χ4n) is 10.3. The number of nitrogens with one attached hydrogen (secondary N) is 3. The number of nitrogens with zero attached hydrogens (tertiary/aromatic N) is 2. The monoisotopic (exact) mass is 1400 g/mol. The predicted molar refractivity (Wildman–Crippen MR) is 339 cm³/mol. The van der Waals surface area contributed by atoms with Crippen LogP contribution >= 0.6 is 27.2 Å². The fraction of sp³-hybridized carbons (Fsp3) is 0.623. The lowest BCUT2D eigenvalue weighted by Crippen LogP contribution is -2.37. The van der Waals surface area contributed by atoms with Crippen molar-refractivity contribution in [2.24, 2.45) is 0 Å². The van der Waals surface area contributed by atoms with Crippen molar-refractivity contribution in [1.82, 2.24) is 16.0 Å². The van der Waals surface area contributed by atoms with Crippen LogP contribution in [0.4, 0.5) is 37.7 Å². The van der Waals surface area contributed by atoms with Crippen molar-refractivity contribution in [1.29, 1.82) is 0 Å². The highest BCUT2D eigenvalue weighted by Crippen LogP contribution is 2.53. The van der Waals surface area contributed by atoms with Gasteiger partial charge in [-0.25, -0.2) is 0 Å². The van der Waals surface area contributed by atoms with Crippen LogP contribution in [0.5, 0.6) is 0 Å². The van der Waals surface area contributed by atoms with Gasteiger partial charge in [-0.2, -0.15) is 43.7 Å². The van der Waals surface area contributed by atoms with Gasteiger partial charge in [0.15, 0.2) is 5.71 Å². The topological polar surface area (TPSA) is 287 Å². The highest BCUT2D eigenvalue weighted by molar-refractivity contribution is 7.94. The highest BCUT2D eigenvalue weighted by Gasteiger charge is 2.47. The molecule has 4 N–H and O–H groups in total. The summed E-state index contributed by atoms with van der Waals surface area (Å²) in [4.78, 5) is 48.1. The van der Waals surface area contributed by atoms with Crippen molar-refractivity contribution >= 4 is 88.7 Å². The van der Waals surface area contributed by atoms with Gasteiger partial charge in [0.25, 0.3) is 10.1 Å². The van der Waals surface area contributed by atoms with Crippen LogP contribution in [0.15, 0.2) is 72.5 Å². The molecule has 0 aliphatic carbocycles. The molecule has 524 valence electrons. The molecular weight excluding hydrogens is 1310 g/mol. The lowest BCUT2D eigenvalue weighted by atomic mass is 9.81. The van der Waals surface area contributed by atoms with Gasteiger partial charge in [0.2, 0.25) is 11.6 Å². The minimum Gasteiger partial charge on any atom is -0.691 e. The number of ether oxygens (including phenoxy) is 1. The Labute approximate surface area is 545 Å². The number of halogens is 6. The third-order valence-electron chi connectivity index (χ3n) is 15.2. The van der Waals surface area contributed by atoms with Crippen LogP contribution in [0.2, 0.25) is 0 Å². The van der Waals surface area contributed by atoms with E-state index in [1.807, 2.05) is 61.5 Å². The standard InChI is InChI=1S/C61H89F6N5O17P2S2/c1-7-8-9-10-19-38-84-90(78,86-40-21-16-33-69-56(75)60(62,63)64)47-28-30-51-49(45-47)59(4,5)53(72(51)36-24-43-93(80,81)82)26-15-13-14-25-52-58(2,3)48-44-46(27-29-50(48)71(52)35-23-42-92-89-88-77)91(79,87-41-22-17-34-70-57(76)61(65,66)67)85-39-20-12-11-18-37-83-55(74)32-31-54(73)68-6/h13-15,25-30,44-45H,7-12,16-24,31-43H2,1-6H3,(H4-,68,69,70,73,75,76,77,80,81,82). The van der Waals surface area contributed by atoms with Crippen LogP contribution in [-0.2, 0) is 81.5 Å². The van der Waals surface area contributed by atoms with Gasteiger partial charge >= 0.3 is 45.3 Å². The molecule has 2 atom stereocenters. The summed E-state index contributed by atoms with van der Waals surface area (Å²) in [5, 5.41) is 20.6. The van der Waals surface area contributed by atoms with E-state index in [1.165, 1.54) is 7.05 Å². The fourth-order valence-corrected chi connectivity index (χ4v) is 14.4. The second-order valence-corrected chi connectivity index (χ2v) is 29.5. The zero-order valence-electron chi connectivity index (χ0n) is 53.5. The van der Waals surface area contributed by atoms with Crippen LogP contribution in [-0.4, -0.2) is 137 Å². The molecule has 0 saturated carbocycles. The minimum atomic E-state index is -5.06. The first-order chi connectivity index (χ1) is 43.9. The summed E-state index contributed by atoms with van der Waals surface area (Å²) >= 11 is 0.822.